The highest BCUT2D eigenvalue weighted by atomic mass is 16.2. The average molecular weight is 194 g/mol. The van der Waals surface area contributed by atoms with Gasteiger partial charge in [0.2, 0.25) is 5.91 Å². The van der Waals surface area contributed by atoms with Gasteiger partial charge in [0.15, 0.2) is 0 Å². The smallest absolute Gasteiger partial charge is 0.225 e. The first-order valence-corrected chi connectivity index (χ1v) is 5.26. The topological polar surface area (TPSA) is 52.9 Å². The Kier molecular flexibility index (Phi) is 3.51. The summed E-state index contributed by atoms with van der Waals surface area (Å²) in [5, 5.41) is 11.4. The van der Waals surface area contributed by atoms with Crippen LogP contribution in [-0.4, -0.2) is 12.5 Å². The number of hydrogen-bond acceptors (Lipinski definition) is 2. The van der Waals surface area contributed by atoms with Crippen LogP contribution in [0.2, 0.25) is 0 Å². The molecule has 0 saturated heterocycles. The first kappa shape index (κ1) is 11.0. The van der Waals surface area contributed by atoms with E-state index >= 15 is 0 Å². The Hall–Kier alpha value is -1.04. The van der Waals surface area contributed by atoms with Gasteiger partial charge in [-0.3, -0.25) is 4.79 Å². The molecular formula is C11H18N2O. The Morgan fingerprint density at radius 1 is 1.57 bits per heavy atom. The molecule has 1 atom stereocenters. The number of carbonyl (C=O) groups is 1. The third-order valence-corrected chi connectivity index (χ3v) is 3.04. The van der Waals surface area contributed by atoms with Gasteiger partial charge in [-0.25, -0.2) is 0 Å². The summed E-state index contributed by atoms with van der Waals surface area (Å²) in [4.78, 5) is 11.8. The molecule has 1 amide bonds. The average Bonchev–Trinajstić information content (AvgIpc) is 2.62. The zero-order valence-electron chi connectivity index (χ0n) is 8.97. The van der Waals surface area contributed by atoms with Crippen molar-refractivity contribution >= 4 is 5.91 Å². The van der Waals surface area contributed by atoms with Crippen molar-refractivity contribution in [2.75, 3.05) is 6.54 Å². The van der Waals surface area contributed by atoms with Gasteiger partial charge in [0.1, 0.15) is 0 Å². The minimum absolute atomic E-state index is 0.0936. The predicted octanol–water partition coefficient (Wildman–Crippen LogP) is 1.84. The molecule has 0 heterocycles. The maximum absolute atomic E-state index is 11.8. The molecule has 0 aromatic heterocycles. The number of nitrogens with zero attached hydrogens (tertiary/aromatic N) is 1. The van der Waals surface area contributed by atoms with Crippen LogP contribution < -0.4 is 5.32 Å². The summed E-state index contributed by atoms with van der Waals surface area (Å²) in [7, 11) is 0. The minimum atomic E-state index is -0.171. The van der Waals surface area contributed by atoms with E-state index in [0.717, 1.165) is 25.7 Å². The summed E-state index contributed by atoms with van der Waals surface area (Å²) < 4.78 is 0. The first-order chi connectivity index (χ1) is 6.58. The van der Waals surface area contributed by atoms with Gasteiger partial charge in [0.25, 0.3) is 0 Å². The highest BCUT2D eigenvalue weighted by Gasteiger charge is 2.35. The van der Waals surface area contributed by atoms with Crippen molar-refractivity contribution < 1.29 is 4.79 Å². The second-order valence-corrected chi connectivity index (χ2v) is 4.51. The van der Waals surface area contributed by atoms with E-state index in [1.54, 1.807) is 0 Å². The van der Waals surface area contributed by atoms with Gasteiger partial charge in [-0.05, 0) is 19.8 Å². The van der Waals surface area contributed by atoms with Crippen molar-refractivity contribution in [2.24, 2.45) is 11.3 Å². The lowest BCUT2D eigenvalue weighted by Crippen LogP contribution is -2.38. The van der Waals surface area contributed by atoms with E-state index in [9.17, 15) is 4.79 Å². The van der Waals surface area contributed by atoms with E-state index in [0.29, 0.717) is 6.54 Å². The third kappa shape index (κ3) is 2.47. The summed E-state index contributed by atoms with van der Waals surface area (Å²) in [5.74, 6) is 0.0288. The molecule has 3 nitrogen and oxygen atoms in total. The van der Waals surface area contributed by atoms with Gasteiger partial charge in [-0.2, -0.15) is 5.26 Å². The summed E-state index contributed by atoms with van der Waals surface area (Å²) in [5.41, 5.74) is -0.171. The lowest BCUT2D eigenvalue weighted by Gasteiger charge is -2.22. The maximum Gasteiger partial charge on any atom is 0.225 e. The summed E-state index contributed by atoms with van der Waals surface area (Å²) in [6.07, 6.45) is 4.27. The molecule has 0 bridgehead atoms. The van der Waals surface area contributed by atoms with E-state index in [1.165, 1.54) is 0 Å². The second-order valence-electron chi connectivity index (χ2n) is 4.51. The summed E-state index contributed by atoms with van der Waals surface area (Å²) >= 11 is 0. The van der Waals surface area contributed by atoms with Crippen LogP contribution in [0.5, 0.6) is 0 Å². The standard InChI is InChI=1S/C11H18N2O/c1-9(7-12)8-13-10(14)11(2)5-3-4-6-11/h9H,3-6,8H2,1-2H3,(H,13,14). The Bertz CT molecular complexity index is 249. The number of nitrogens with one attached hydrogen (secondary N) is 1. The van der Waals surface area contributed by atoms with Crippen molar-refractivity contribution in [1.82, 2.24) is 5.32 Å². The first-order valence-electron chi connectivity index (χ1n) is 5.26. The van der Waals surface area contributed by atoms with Gasteiger partial charge in [-0.15, -0.1) is 0 Å². The van der Waals surface area contributed by atoms with Crippen LogP contribution >= 0.6 is 0 Å². The number of hydrogen-bond donors (Lipinski definition) is 1. The number of rotatable bonds is 3. The fourth-order valence-electron chi connectivity index (χ4n) is 1.89. The molecule has 0 aromatic carbocycles. The highest BCUT2D eigenvalue weighted by molar-refractivity contribution is 5.82. The Labute approximate surface area is 85.5 Å². The van der Waals surface area contributed by atoms with Gasteiger partial charge in [0.05, 0.1) is 12.0 Å². The number of carbonyl (C=O) groups excluding carboxylic acids is 1. The zero-order valence-corrected chi connectivity index (χ0v) is 8.97. The van der Waals surface area contributed by atoms with E-state index in [4.69, 9.17) is 5.26 Å². The predicted molar refractivity (Wildman–Crippen MR) is 54.4 cm³/mol. The van der Waals surface area contributed by atoms with Gasteiger partial charge in [0, 0.05) is 12.0 Å². The molecule has 14 heavy (non-hydrogen) atoms. The fraction of sp³-hybridized carbons (Fsp3) is 0.818. The number of nitriles is 1. The van der Waals surface area contributed by atoms with Crippen LogP contribution in [0.25, 0.3) is 0 Å². The van der Waals surface area contributed by atoms with Crippen LogP contribution in [0.3, 0.4) is 0 Å². The highest BCUT2D eigenvalue weighted by Crippen LogP contribution is 2.37. The molecule has 0 aromatic rings. The van der Waals surface area contributed by atoms with Crippen LogP contribution in [0.15, 0.2) is 0 Å². The zero-order chi connectivity index (χ0) is 10.6. The van der Waals surface area contributed by atoms with Crippen molar-refractivity contribution in [3.05, 3.63) is 0 Å². The van der Waals surface area contributed by atoms with Crippen molar-refractivity contribution in [1.29, 1.82) is 5.26 Å². The normalized spacial score (nSPS) is 21.2. The van der Waals surface area contributed by atoms with E-state index in [1.807, 2.05) is 13.8 Å². The number of amides is 1. The minimum Gasteiger partial charge on any atom is -0.354 e. The Morgan fingerprint density at radius 2 is 2.14 bits per heavy atom. The molecule has 1 saturated carbocycles. The molecule has 1 aliphatic carbocycles. The van der Waals surface area contributed by atoms with Crippen LogP contribution in [0.4, 0.5) is 0 Å². The molecule has 0 aliphatic heterocycles. The van der Waals surface area contributed by atoms with Crippen molar-refractivity contribution in [3.63, 3.8) is 0 Å². The molecule has 0 radical (unpaired) electrons. The van der Waals surface area contributed by atoms with Crippen LogP contribution in [0.1, 0.15) is 39.5 Å². The molecular weight excluding hydrogens is 176 g/mol. The molecule has 0 spiro atoms. The fourth-order valence-corrected chi connectivity index (χ4v) is 1.89. The Balaban J connectivity index is 2.38. The molecule has 1 N–H and O–H groups in total. The largest absolute Gasteiger partial charge is 0.354 e. The Morgan fingerprint density at radius 3 is 2.64 bits per heavy atom. The monoisotopic (exact) mass is 194 g/mol. The van der Waals surface area contributed by atoms with E-state index < -0.39 is 0 Å². The molecule has 78 valence electrons. The summed E-state index contributed by atoms with van der Waals surface area (Å²) in [6.45, 7) is 4.31. The molecule has 1 aliphatic rings. The van der Waals surface area contributed by atoms with Gasteiger partial charge >= 0.3 is 0 Å². The molecule has 1 unspecified atom stereocenters. The third-order valence-electron chi connectivity index (χ3n) is 3.04. The van der Waals surface area contributed by atoms with Crippen LogP contribution in [-0.2, 0) is 4.79 Å². The van der Waals surface area contributed by atoms with Gasteiger partial charge < -0.3 is 5.32 Å². The van der Waals surface area contributed by atoms with Crippen LogP contribution in [0, 0.1) is 22.7 Å². The molecule has 1 rings (SSSR count). The summed E-state index contributed by atoms with van der Waals surface area (Å²) in [6, 6.07) is 2.11. The van der Waals surface area contributed by atoms with Crippen molar-refractivity contribution in [3.8, 4) is 6.07 Å². The van der Waals surface area contributed by atoms with Gasteiger partial charge in [-0.1, -0.05) is 19.8 Å². The maximum atomic E-state index is 11.8. The van der Waals surface area contributed by atoms with E-state index in [-0.39, 0.29) is 17.2 Å². The molecule has 1 fully saturated rings. The van der Waals surface area contributed by atoms with E-state index in [2.05, 4.69) is 11.4 Å². The second kappa shape index (κ2) is 4.45. The lowest BCUT2D eigenvalue weighted by atomic mass is 9.88. The molecule has 3 heteroatoms. The van der Waals surface area contributed by atoms with Crippen molar-refractivity contribution in [2.45, 2.75) is 39.5 Å². The SMILES string of the molecule is CC(C#N)CNC(=O)C1(C)CCCC1. The quantitative estimate of drug-likeness (QED) is 0.745. The lowest BCUT2D eigenvalue weighted by molar-refractivity contribution is -0.129.